The van der Waals surface area contributed by atoms with Crippen molar-refractivity contribution in [3.63, 3.8) is 0 Å². The highest BCUT2D eigenvalue weighted by Crippen LogP contribution is 2.11. The first-order chi connectivity index (χ1) is 9.41. The lowest BCUT2D eigenvalue weighted by Gasteiger charge is -2.15. The van der Waals surface area contributed by atoms with Crippen molar-refractivity contribution >= 4 is 28.2 Å². The molecule has 0 bridgehead atoms. The zero-order valence-electron chi connectivity index (χ0n) is 11.0. The molecule has 0 atom stereocenters. The summed E-state index contributed by atoms with van der Waals surface area (Å²) in [7, 11) is 1.46. The van der Waals surface area contributed by atoms with Gasteiger partial charge in [-0.2, -0.15) is 0 Å². The number of aryl methyl sites for hydroxylation is 1. The fourth-order valence-corrected chi connectivity index (χ4v) is 2.57. The highest BCUT2D eigenvalue weighted by atomic mass is 32.1. The molecule has 0 radical (unpaired) electrons. The van der Waals surface area contributed by atoms with E-state index in [2.05, 4.69) is 4.98 Å². The molecule has 0 saturated heterocycles. The molecular formula is C12H13N3O4S. The van der Waals surface area contributed by atoms with Crippen LogP contribution in [-0.4, -0.2) is 44.9 Å². The van der Waals surface area contributed by atoms with Gasteiger partial charge in [-0.1, -0.05) is 0 Å². The third-order valence-corrected chi connectivity index (χ3v) is 3.81. The van der Waals surface area contributed by atoms with Gasteiger partial charge >= 0.3 is 5.97 Å². The van der Waals surface area contributed by atoms with E-state index >= 15 is 0 Å². The summed E-state index contributed by atoms with van der Waals surface area (Å²) in [4.78, 5) is 40.7. The Morgan fingerprint density at radius 3 is 2.85 bits per heavy atom. The van der Waals surface area contributed by atoms with Crippen LogP contribution in [0.2, 0.25) is 0 Å². The number of rotatable bonds is 4. The molecule has 0 aliphatic heterocycles. The minimum atomic E-state index is -0.997. The van der Waals surface area contributed by atoms with Crippen LogP contribution in [0.5, 0.6) is 0 Å². The summed E-state index contributed by atoms with van der Waals surface area (Å²) in [6.07, 6.45) is 1.07. The summed E-state index contributed by atoms with van der Waals surface area (Å²) in [5.41, 5.74) is 0.225. The van der Waals surface area contributed by atoms with Crippen molar-refractivity contribution in [3.8, 4) is 0 Å². The normalized spacial score (nSPS) is 10.7. The van der Waals surface area contributed by atoms with Crippen molar-refractivity contribution in [2.75, 3.05) is 13.6 Å². The first kappa shape index (κ1) is 14.2. The Balaban J connectivity index is 2.35. The first-order valence-corrected chi connectivity index (χ1v) is 6.73. The molecule has 0 aliphatic carbocycles. The van der Waals surface area contributed by atoms with Gasteiger partial charge in [0.25, 0.3) is 11.5 Å². The monoisotopic (exact) mass is 295 g/mol. The van der Waals surface area contributed by atoms with Gasteiger partial charge in [-0.3, -0.25) is 18.8 Å². The Morgan fingerprint density at radius 2 is 2.20 bits per heavy atom. The molecule has 2 aromatic heterocycles. The second-order valence-corrected chi connectivity index (χ2v) is 5.18. The molecular weight excluding hydrogens is 282 g/mol. The van der Waals surface area contributed by atoms with Gasteiger partial charge in [-0.25, -0.2) is 4.98 Å². The predicted molar refractivity (Wildman–Crippen MR) is 73.3 cm³/mol. The molecule has 20 heavy (non-hydrogen) atoms. The highest BCUT2D eigenvalue weighted by Gasteiger charge is 2.19. The first-order valence-electron chi connectivity index (χ1n) is 5.85. The number of hydrogen-bond acceptors (Lipinski definition) is 5. The van der Waals surface area contributed by atoms with Gasteiger partial charge in [-0.15, -0.1) is 11.3 Å². The summed E-state index contributed by atoms with van der Waals surface area (Å²) in [6.45, 7) is 1.80. The average Bonchev–Trinajstić information content (AvgIpc) is 2.78. The van der Waals surface area contributed by atoms with Crippen molar-refractivity contribution in [1.29, 1.82) is 0 Å². The molecule has 2 heterocycles. The lowest BCUT2D eigenvalue weighted by atomic mass is 10.2. The molecule has 0 aliphatic rings. The maximum Gasteiger partial charge on any atom is 0.305 e. The number of thiazole rings is 1. The van der Waals surface area contributed by atoms with E-state index in [9.17, 15) is 14.4 Å². The van der Waals surface area contributed by atoms with Gasteiger partial charge in [-0.05, 0) is 6.92 Å². The Bertz CT molecular complexity index is 734. The Hall–Kier alpha value is -2.22. The molecule has 0 spiro atoms. The number of carbonyl (C=O) groups excluding carboxylic acids is 1. The molecule has 0 aromatic carbocycles. The summed E-state index contributed by atoms with van der Waals surface area (Å²) >= 11 is 1.32. The van der Waals surface area contributed by atoms with Crippen LogP contribution in [0.3, 0.4) is 0 Å². The largest absolute Gasteiger partial charge is 0.481 e. The quantitative estimate of drug-likeness (QED) is 0.892. The predicted octanol–water partition coefficient (Wildman–Crippen LogP) is 0.611. The maximum absolute atomic E-state index is 12.3. The lowest BCUT2D eigenvalue weighted by Crippen LogP contribution is -2.34. The summed E-state index contributed by atoms with van der Waals surface area (Å²) in [6, 6.07) is 0. The van der Waals surface area contributed by atoms with Gasteiger partial charge in [0, 0.05) is 30.9 Å². The number of nitrogens with zero attached hydrogens (tertiary/aromatic N) is 3. The number of hydrogen-bond donors (Lipinski definition) is 1. The van der Waals surface area contributed by atoms with Gasteiger partial charge in [0.1, 0.15) is 5.56 Å². The molecule has 1 amide bonds. The second-order valence-electron chi connectivity index (χ2n) is 4.34. The molecule has 0 saturated carbocycles. The number of carboxylic acid groups (broad SMARTS) is 1. The number of carbonyl (C=O) groups is 2. The number of amides is 1. The van der Waals surface area contributed by atoms with Gasteiger partial charge in [0.2, 0.25) is 0 Å². The van der Waals surface area contributed by atoms with E-state index in [-0.39, 0.29) is 18.5 Å². The topological polar surface area (TPSA) is 92.0 Å². The van der Waals surface area contributed by atoms with Crippen molar-refractivity contribution < 1.29 is 14.7 Å². The van der Waals surface area contributed by atoms with E-state index in [1.165, 1.54) is 33.9 Å². The van der Waals surface area contributed by atoms with E-state index in [1.54, 1.807) is 12.3 Å². The number of carboxylic acids is 1. The van der Waals surface area contributed by atoms with Crippen molar-refractivity contribution in [2.45, 2.75) is 13.3 Å². The van der Waals surface area contributed by atoms with Crippen LogP contribution in [0.1, 0.15) is 22.5 Å². The minimum Gasteiger partial charge on any atom is -0.481 e. The Kier molecular flexibility index (Phi) is 3.84. The maximum atomic E-state index is 12.3. The Labute approximate surface area is 118 Å². The molecule has 0 fully saturated rings. The van der Waals surface area contributed by atoms with Gasteiger partial charge < -0.3 is 10.0 Å². The molecule has 2 aromatic rings. The van der Waals surface area contributed by atoms with Crippen molar-refractivity contribution in [1.82, 2.24) is 14.3 Å². The van der Waals surface area contributed by atoms with E-state index in [0.717, 1.165) is 0 Å². The summed E-state index contributed by atoms with van der Waals surface area (Å²) in [5, 5.41) is 10.4. The molecule has 0 unspecified atom stereocenters. The zero-order valence-corrected chi connectivity index (χ0v) is 11.8. The second kappa shape index (κ2) is 5.41. The zero-order chi connectivity index (χ0) is 14.9. The van der Waals surface area contributed by atoms with Crippen molar-refractivity contribution in [3.05, 3.63) is 33.2 Å². The third kappa shape index (κ3) is 2.55. The number of aromatic nitrogens is 2. The Morgan fingerprint density at radius 1 is 1.50 bits per heavy atom. The van der Waals surface area contributed by atoms with Gasteiger partial charge in [0.05, 0.1) is 6.42 Å². The molecule has 1 N–H and O–H groups in total. The summed E-state index contributed by atoms with van der Waals surface area (Å²) in [5.74, 6) is -1.52. The third-order valence-electron chi connectivity index (χ3n) is 2.85. The smallest absolute Gasteiger partial charge is 0.305 e. The van der Waals surface area contributed by atoms with Crippen LogP contribution >= 0.6 is 11.3 Å². The van der Waals surface area contributed by atoms with Crippen LogP contribution < -0.4 is 5.56 Å². The van der Waals surface area contributed by atoms with Crippen LogP contribution in [0, 0.1) is 6.92 Å². The van der Waals surface area contributed by atoms with E-state index in [1.807, 2.05) is 0 Å². The van der Waals surface area contributed by atoms with Crippen LogP contribution in [0.15, 0.2) is 16.4 Å². The van der Waals surface area contributed by atoms with E-state index < -0.39 is 17.4 Å². The SMILES string of the molecule is Cc1csc2ncc(C(=O)N(C)CCC(=O)O)c(=O)n12. The van der Waals surface area contributed by atoms with Crippen LogP contribution in [0.4, 0.5) is 0 Å². The standard InChI is InChI=1S/C12H13N3O4S/c1-7-6-20-12-13-5-8(11(19)15(7)12)10(18)14(2)4-3-9(16)17/h5-6H,3-4H2,1-2H3,(H,16,17). The highest BCUT2D eigenvalue weighted by molar-refractivity contribution is 7.15. The van der Waals surface area contributed by atoms with Crippen molar-refractivity contribution in [2.24, 2.45) is 0 Å². The van der Waals surface area contributed by atoms with Gasteiger partial charge in [0.15, 0.2) is 4.96 Å². The van der Waals surface area contributed by atoms with Crippen LogP contribution in [0.25, 0.3) is 4.96 Å². The molecule has 7 nitrogen and oxygen atoms in total. The minimum absolute atomic E-state index is 0.0406. The fourth-order valence-electron chi connectivity index (χ4n) is 1.74. The number of fused-ring (bicyclic) bond motifs is 1. The molecule has 106 valence electrons. The summed E-state index contributed by atoms with van der Waals surface area (Å²) < 4.78 is 1.38. The van der Waals surface area contributed by atoms with Crippen LogP contribution in [-0.2, 0) is 4.79 Å². The fraction of sp³-hybridized carbons (Fsp3) is 0.333. The molecule has 8 heteroatoms. The van der Waals surface area contributed by atoms with E-state index in [0.29, 0.717) is 10.7 Å². The molecule has 2 rings (SSSR count). The van der Waals surface area contributed by atoms with E-state index in [4.69, 9.17) is 5.11 Å². The average molecular weight is 295 g/mol. The lowest BCUT2D eigenvalue weighted by molar-refractivity contribution is -0.137. The number of aliphatic carboxylic acids is 1.